The number of fused-ring (bicyclic) bond motifs is 1. The molecule has 0 aromatic heterocycles. The maximum absolute atomic E-state index is 13.2. The quantitative estimate of drug-likeness (QED) is 0.741. The second kappa shape index (κ2) is 5.21. The minimum Gasteiger partial charge on any atom is -0.329 e. The van der Waals surface area contributed by atoms with Gasteiger partial charge in [0.05, 0.1) is 6.54 Å². The Bertz CT molecular complexity index is 416. The first-order valence-corrected chi connectivity index (χ1v) is 6.52. The zero-order chi connectivity index (χ0) is 15.1. The number of nitrogens with zero attached hydrogens (tertiary/aromatic N) is 2. The molecule has 2 aliphatic rings. The molecule has 0 bridgehead atoms. The Hall–Kier alpha value is -1.34. The van der Waals surface area contributed by atoms with E-state index in [4.69, 9.17) is 0 Å². The maximum Gasteiger partial charge on any atom is 0.324 e. The zero-order valence-electron chi connectivity index (χ0n) is 11.0. The molecule has 2 atom stereocenters. The van der Waals surface area contributed by atoms with Gasteiger partial charge in [0.2, 0.25) is 11.8 Å². The highest BCUT2D eigenvalue weighted by Gasteiger charge is 2.50. The van der Waals surface area contributed by atoms with E-state index in [9.17, 15) is 27.2 Å². The van der Waals surface area contributed by atoms with Crippen LogP contribution >= 0.6 is 0 Å². The number of alkyl halides is 4. The minimum atomic E-state index is -4.30. The Morgan fingerprint density at radius 1 is 1.25 bits per heavy atom. The van der Waals surface area contributed by atoms with Gasteiger partial charge in [0.25, 0.3) is 0 Å². The van der Waals surface area contributed by atoms with E-state index in [0.29, 0.717) is 24.3 Å². The number of halogens is 4. The summed E-state index contributed by atoms with van der Waals surface area (Å²) in [6.45, 7) is 0.298. The van der Waals surface area contributed by atoms with Crippen molar-refractivity contribution in [3.63, 3.8) is 0 Å². The molecular formula is C12H16F4N2O2. The van der Waals surface area contributed by atoms with Crippen molar-refractivity contribution in [2.75, 3.05) is 13.1 Å². The highest BCUT2D eigenvalue weighted by Crippen LogP contribution is 2.30. The third kappa shape index (κ3) is 2.47. The molecule has 0 radical (unpaired) electrons. The molecule has 4 nitrogen and oxygen atoms in total. The van der Waals surface area contributed by atoms with Crippen molar-refractivity contribution in [1.29, 1.82) is 0 Å². The van der Waals surface area contributed by atoms with Gasteiger partial charge in [-0.05, 0) is 26.2 Å². The van der Waals surface area contributed by atoms with Crippen molar-refractivity contribution in [3.05, 3.63) is 0 Å². The molecule has 2 amide bonds. The SMILES string of the molecule is CC1C(=O)N2CCCCC2C(=O)N1CC(F)(F)C(F)F. The van der Waals surface area contributed by atoms with Crippen LogP contribution in [0.4, 0.5) is 17.6 Å². The first-order valence-electron chi connectivity index (χ1n) is 6.52. The smallest absolute Gasteiger partial charge is 0.324 e. The van der Waals surface area contributed by atoms with Crippen LogP contribution in [0.15, 0.2) is 0 Å². The molecule has 20 heavy (non-hydrogen) atoms. The van der Waals surface area contributed by atoms with E-state index in [1.165, 1.54) is 11.8 Å². The lowest BCUT2D eigenvalue weighted by Crippen LogP contribution is -2.66. The van der Waals surface area contributed by atoms with Gasteiger partial charge in [-0.2, -0.15) is 8.78 Å². The zero-order valence-corrected chi connectivity index (χ0v) is 11.0. The maximum atomic E-state index is 13.2. The fourth-order valence-electron chi connectivity index (χ4n) is 2.72. The number of piperidine rings is 1. The molecule has 0 spiro atoms. The van der Waals surface area contributed by atoms with E-state index in [0.717, 1.165) is 6.42 Å². The van der Waals surface area contributed by atoms with Gasteiger partial charge in [-0.1, -0.05) is 0 Å². The molecule has 114 valence electrons. The summed E-state index contributed by atoms with van der Waals surface area (Å²) in [4.78, 5) is 26.2. The Labute approximate surface area is 113 Å². The number of carbonyl (C=O) groups is 2. The van der Waals surface area contributed by atoms with Crippen LogP contribution in [0.5, 0.6) is 0 Å². The largest absolute Gasteiger partial charge is 0.329 e. The third-order valence-corrected chi connectivity index (χ3v) is 3.88. The van der Waals surface area contributed by atoms with Gasteiger partial charge in [-0.3, -0.25) is 9.59 Å². The molecule has 0 aromatic rings. The van der Waals surface area contributed by atoms with Gasteiger partial charge in [0.1, 0.15) is 12.1 Å². The summed E-state index contributed by atoms with van der Waals surface area (Å²) in [5, 5.41) is 0. The van der Waals surface area contributed by atoms with Crippen LogP contribution in [0.3, 0.4) is 0 Å². The summed E-state index contributed by atoms with van der Waals surface area (Å²) in [5.41, 5.74) is 0. The number of carbonyl (C=O) groups excluding carboxylic acids is 2. The van der Waals surface area contributed by atoms with E-state index >= 15 is 0 Å². The molecule has 2 saturated heterocycles. The van der Waals surface area contributed by atoms with E-state index in [1.807, 2.05) is 0 Å². The molecular weight excluding hydrogens is 280 g/mol. The van der Waals surface area contributed by atoms with Crippen molar-refractivity contribution in [2.45, 2.75) is 50.6 Å². The second-order valence-corrected chi connectivity index (χ2v) is 5.25. The summed E-state index contributed by atoms with van der Waals surface area (Å²) in [6, 6.07) is -1.90. The Balaban J connectivity index is 2.20. The Kier molecular flexibility index (Phi) is 3.93. The van der Waals surface area contributed by atoms with Crippen LogP contribution in [0.25, 0.3) is 0 Å². The summed E-state index contributed by atoms with van der Waals surface area (Å²) in [5.74, 6) is -5.40. The molecule has 0 saturated carbocycles. The average molecular weight is 296 g/mol. The minimum absolute atomic E-state index is 0.397. The Morgan fingerprint density at radius 3 is 2.50 bits per heavy atom. The molecule has 2 aliphatic heterocycles. The highest BCUT2D eigenvalue weighted by molar-refractivity contribution is 5.97. The molecule has 2 unspecified atom stereocenters. The lowest BCUT2D eigenvalue weighted by molar-refractivity contribution is -0.179. The van der Waals surface area contributed by atoms with E-state index in [2.05, 4.69) is 0 Å². The van der Waals surface area contributed by atoms with Gasteiger partial charge in [0, 0.05) is 6.54 Å². The molecule has 0 aromatic carbocycles. The van der Waals surface area contributed by atoms with Crippen molar-refractivity contribution in [2.24, 2.45) is 0 Å². The fraction of sp³-hybridized carbons (Fsp3) is 0.833. The second-order valence-electron chi connectivity index (χ2n) is 5.25. The average Bonchev–Trinajstić information content (AvgIpc) is 2.41. The lowest BCUT2D eigenvalue weighted by atomic mass is 9.95. The van der Waals surface area contributed by atoms with Crippen LogP contribution in [-0.2, 0) is 9.59 Å². The van der Waals surface area contributed by atoms with Gasteiger partial charge >= 0.3 is 12.3 Å². The standard InChI is InChI=1S/C12H16F4N2O2/c1-7-9(19)17-5-3-2-4-8(17)10(20)18(7)6-12(15,16)11(13)14/h7-8,11H,2-6H2,1H3. The van der Waals surface area contributed by atoms with E-state index in [1.54, 1.807) is 0 Å². The predicted octanol–water partition coefficient (Wildman–Crippen LogP) is 1.50. The lowest BCUT2D eigenvalue weighted by Gasteiger charge is -2.46. The molecule has 2 rings (SSSR count). The van der Waals surface area contributed by atoms with Crippen LogP contribution in [0.2, 0.25) is 0 Å². The number of hydrogen-bond donors (Lipinski definition) is 0. The number of amides is 2. The first-order chi connectivity index (χ1) is 9.25. The topological polar surface area (TPSA) is 40.6 Å². The first kappa shape index (κ1) is 15.1. The summed E-state index contributed by atoms with van der Waals surface area (Å²) in [7, 11) is 0. The van der Waals surface area contributed by atoms with Crippen LogP contribution in [-0.4, -0.2) is 59.1 Å². The van der Waals surface area contributed by atoms with Crippen LogP contribution in [0.1, 0.15) is 26.2 Å². The van der Waals surface area contributed by atoms with Gasteiger partial charge in [0.15, 0.2) is 0 Å². The van der Waals surface area contributed by atoms with Gasteiger partial charge in [-0.15, -0.1) is 0 Å². The van der Waals surface area contributed by atoms with Gasteiger partial charge in [-0.25, -0.2) is 8.78 Å². The molecule has 0 N–H and O–H groups in total. The summed E-state index contributed by atoms with van der Waals surface area (Å²) in [6.07, 6.45) is -1.99. The highest BCUT2D eigenvalue weighted by atomic mass is 19.3. The predicted molar refractivity (Wildman–Crippen MR) is 61.5 cm³/mol. The Morgan fingerprint density at radius 2 is 1.90 bits per heavy atom. The van der Waals surface area contributed by atoms with Crippen molar-refractivity contribution >= 4 is 11.8 Å². The summed E-state index contributed by atoms with van der Waals surface area (Å²) >= 11 is 0. The van der Waals surface area contributed by atoms with Crippen LogP contribution in [0, 0.1) is 0 Å². The fourth-order valence-corrected chi connectivity index (χ4v) is 2.72. The van der Waals surface area contributed by atoms with Crippen LogP contribution < -0.4 is 0 Å². The van der Waals surface area contributed by atoms with E-state index in [-0.39, 0.29) is 0 Å². The molecule has 2 heterocycles. The monoisotopic (exact) mass is 296 g/mol. The molecule has 2 fully saturated rings. The third-order valence-electron chi connectivity index (χ3n) is 3.88. The normalized spacial score (nSPS) is 28.1. The van der Waals surface area contributed by atoms with Crippen molar-refractivity contribution in [1.82, 2.24) is 9.80 Å². The molecule has 0 aliphatic carbocycles. The number of piperazine rings is 1. The summed E-state index contributed by atoms with van der Waals surface area (Å²) < 4.78 is 50.9. The van der Waals surface area contributed by atoms with Crippen molar-refractivity contribution in [3.8, 4) is 0 Å². The number of hydrogen-bond acceptors (Lipinski definition) is 2. The number of rotatable bonds is 3. The van der Waals surface area contributed by atoms with E-state index < -0.39 is 42.8 Å². The molecule has 8 heteroatoms. The van der Waals surface area contributed by atoms with Gasteiger partial charge < -0.3 is 9.80 Å². The van der Waals surface area contributed by atoms with Crippen molar-refractivity contribution < 1.29 is 27.2 Å².